The van der Waals surface area contributed by atoms with Crippen molar-refractivity contribution in [2.45, 2.75) is 31.3 Å². The van der Waals surface area contributed by atoms with E-state index in [1.807, 2.05) is 0 Å². The molecule has 1 aromatic carbocycles. The van der Waals surface area contributed by atoms with Crippen molar-refractivity contribution >= 4 is 32.3 Å². The third kappa shape index (κ3) is 6.64. The van der Waals surface area contributed by atoms with E-state index in [-0.39, 0.29) is 71.8 Å². The van der Waals surface area contributed by atoms with Gasteiger partial charge in [0.1, 0.15) is 5.60 Å². The van der Waals surface area contributed by atoms with Gasteiger partial charge in [-0.25, -0.2) is 22.3 Å². The second-order valence-corrected chi connectivity index (χ2v) is 12.0. The summed E-state index contributed by atoms with van der Waals surface area (Å²) in [5.74, 6) is -1.76. The zero-order chi connectivity index (χ0) is 25.5. The van der Waals surface area contributed by atoms with Gasteiger partial charge in [0.2, 0.25) is 10.0 Å². The second-order valence-electron chi connectivity index (χ2n) is 8.60. The molecule has 0 saturated carbocycles. The number of aromatic carboxylic acids is 1. The predicted molar refractivity (Wildman–Crippen MR) is 119 cm³/mol. The molecule has 186 valence electrons. The molecule has 2 heterocycles. The molecule has 0 aliphatic carbocycles. The fraction of sp³-hybridized carbons (Fsp3) is 0.400. The van der Waals surface area contributed by atoms with Crippen LogP contribution in [0.3, 0.4) is 0 Å². The fourth-order valence-corrected chi connectivity index (χ4v) is 5.53. The first-order chi connectivity index (χ1) is 15.6. The molecule has 0 unspecified atom stereocenters. The molecule has 1 saturated heterocycles. The largest absolute Gasteiger partial charge is 1.00 e. The van der Waals surface area contributed by atoms with Crippen molar-refractivity contribution in [1.82, 2.24) is 13.2 Å². The molecule has 15 heteroatoms. The van der Waals surface area contributed by atoms with Gasteiger partial charge in [0.15, 0.2) is 0 Å². The number of carboxylic acids is 1. The van der Waals surface area contributed by atoms with Crippen molar-refractivity contribution < 1.29 is 65.8 Å². The summed E-state index contributed by atoms with van der Waals surface area (Å²) < 4.78 is 56.3. The van der Waals surface area contributed by atoms with Gasteiger partial charge in [0.05, 0.1) is 16.6 Å². The Balaban J connectivity index is 0.00000432. The Kier molecular flexibility index (Phi) is 8.86. The molecule has 3 rings (SSSR count). The number of carbonyl (C=O) groups excluding carboxylic acids is 2. The Labute approximate surface area is 226 Å². The first kappa shape index (κ1) is 29.3. The van der Waals surface area contributed by atoms with E-state index in [4.69, 9.17) is 9.88 Å². The monoisotopic (exact) mass is 536 g/mol. The van der Waals surface area contributed by atoms with E-state index >= 15 is 0 Å². The number of hydrogen-bond donors (Lipinski definition) is 1. The van der Waals surface area contributed by atoms with Crippen LogP contribution in [0.2, 0.25) is 0 Å². The Hall–Kier alpha value is -1.94. The molecule has 2 aromatic rings. The minimum Gasteiger partial charge on any atom is -0.543 e. The third-order valence-corrected chi connectivity index (χ3v) is 7.78. The number of carbonyl (C=O) groups is 2. The van der Waals surface area contributed by atoms with E-state index in [2.05, 4.69) is 0 Å². The maximum Gasteiger partial charge on any atom is 1.00 e. The van der Waals surface area contributed by atoms with Crippen LogP contribution in [0.25, 0.3) is 11.1 Å². The van der Waals surface area contributed by atoms with E-state index in [0.717, 1.165) is 6.20 Å². The molecule has 1 amide bonds. The van der Waals surface area contributed by atoms with Gasteiger partial charge < -0.3 is 19.5 Å². The number of carboxylic acid groups (broad SMARTS) is 1. The number of rotatable bonds is 5. The van der Waals surface area contributed by atoms with Gasteiger partial charge >= 0.3 is 45.9 Å². The van der Waals surface area contributed by atoms with Crippen LogP contribution in [-0.2, 0) is 25.0 Å². The Bertz CT molecular complexity index is 1310. The number of amides is 1. The molecule has 1 fully saturated rings. The van der Waals surface area contributed by atoms with Crippen LogP contribution >= 0.6 is 0 Å². The zero-order valence-electron chi connectivity index (χ0n) is 19.8. The molecule has 2 N–H and O–H groups in total. The maximum atomic E-state index is 13.0. The summed E-state index contributed by atoms with van der Waals surface area (Å²) in [5, 5.41) is 16.6. The first-order valence-electron chi connectivity index (χ1n) is 10.2. The first-order valence-corrected chi connectivity index (χ1v) is 13.1. The Morgan fingerprint density at radius 1 is 0.971 bits per heavy atom. The topological polar surface area (TPSA) is 172 Å². The average Bonchev–Trinajstić information content (AvgIpc) is 3.19. The molecule has 0 radical (unpaired) electrons. The van der Waals surface area contributed by atoms with Crippen LogP contribution in [0.15, 0.2) is 41.4 Å². The van der Waals surface area contributed by atoms with Crippen LogP contribution < -0.4 is 39.8 Å². The van der Waals surface area contributed by atoms with Gasteiger partial charge in [-0.2, -0.15) is 12.7 Å². The normalized spacial score (nSPS) is 15.4. The van der Waals surface area contributed by atoms with Crippen LogP contribution in [0.5, 0.6) is 0 Å². The van der Waals surface area contributed by atoms with Gasteiger partial charge in [0, 0.05) is 37.9 Å². The smallest absolute Gasteiger partial charge is 0.543 e. The van der Waals surface area contributed by atoms with Crippen LogP contribution in [0.1, 0.15) is 31.3 Å². The molecule has 1 aliphatic rings. The molecule has 0 spiro atoms. The maximum absolute atomic E-state index is 13.0. The van der Waals surface area contributed by atoms with E-state index < -0.39 is 43.6 Å². The van der Waals surface area contributed by atoms with Crippen molar-refractivity contribution in [3.8, 4) is 11.1 Å². The summed E-state index contributed by atoms with van der Waals surface area (Å²) in [4.78, 5) is 25.1. The third-order valence-electron chi connectivity index (χ3n) is 5.01. The van der Waals surface area contributed by atoms with Crippen molar-refractivity contribution in [1.29, 1.82) is 0 Å². The van der Waals surface area contributed by atoms with Gasteiger partial charge in [-0.05, 0) is 44.5 Å². The standard InChI is InChI=1S/C20H26N4O8S2.Na/c1-20(2,3)32-19(27)22-10-12-23(13-11-22)33(28,29)15-6-4-14(5-7-15)16-8-9-24(34(21,30)31)17(16)18(25)26;/h4-9H,10-13H2,1-3H3,(H,25,26)(H2,21,30,31);/q;+1/p-1. The van der Waals surface area contributed by atoms with E-state index in [0.29, 0.717) is 3.97 Å². The number of piperazine rings is 1. The molecule has 0 bridgehead atoms. The Morgan fingerprint density at radius 2 is 1.51 bits per heavy atom. The minimum absolute atomic E-state index is 0. The number of nitrogens with two attached hydrogens (primary N) is 1. The predicted octanol–water partition coefficient (Wildman–Crippen LogP) is -3.18. The van der Waals surface area contributed by atoms with Gasteiger partial charge in [-0.15, -0.1) is 0 Å². The number of sulfonamides is 1. The summed E-state index contributed by atoms with van der Waals surface area (Å²) >= 11 is 0. The number of ether oxygens (including phenoxy) is 1. The summed E-state index contributed by atoms with van der Waals surface area (Å²) in [7, 11) is -8.26. The van der Waals surface area contributed by atoms with E-state index in [9.17, 15) is 31.5 Å². The average molecular weight is 537 g/mol. The number of aromatic nitrogens is 1. The SMILES string of the molecule is CC(C)(C)OC(=O)N1CCN(S(=O)(=O)c2ccc(-c3ccn(S(N)(=O)=O)c3C(=O)[O-])cc2)CC1.[Na+]. The van der Waals surface area contributed by atoms with Crippen molar-refractivity contribution in [3.05, 3.63) is 42.2 Å². The summed E-state index contributed by atoms with van der Waals surface area (Å²) in [6.45, 7) is 5.73. The summed E-state index contributed by atoms with van der Waals surface area (Å²) in [5.41, 5.74) is -1.07. The van der Waals surface area contributed by atoms with Gasteiger partial charge in [0.25, 0.3) is 0 Å². The van der Waals surface area contributed by atoms with Crippen LogP contribution in [0.4, 0.5) is 4.79 Å². The van der Waals surface area contributed by atoms with Crippen molar-refractivity contribution in [3.63, 3.8) is 0 Å². The quantitative estimate of drug-likeness (QED) is 0.390. The Morgan fingerprint density at radius 3 is 1.97 bits per heavy atom. The van der Waals surface area contributed by atoms with E-state index in [1.165, 1.54) is 39.5 Å². The molecule has 1 aliphatic heterocycles. The molecule has 1 aromatic heterocycles. The van der Waals surface area contributed by atoms with Gasteiger partial charge in [-0.1, -0.05) is 12.1 Å². The van der Waals surface area contributed by atoms with E-state index in [1.54, 1.807) is 20.8 Å². The molecule has 0 atom stereocenters. The number of hydrogen-bond acceptors (Lipinski definition) is 8. The number of nitrogens with zero attached hydrogens (tertiary/aromatic N) is 3. The van der Waals surface area contributed by atoms with Gasteiger partial charge in [-0.3, -0.25) is 0 Å². The molecular formula is C20H25N4NaO8S2. The molecule has 35 heavy (non-hydrogen) atoms. The van der Waals surface area contributed by atoms with Crippen molar-refractivity contribution in [2.75, 3.05) is 26.2 Å². The molecular weight excluding hydrogens is 511 g/mol. The van der Waals surface area contributed by atoms with Crippen molar-refractivity contribution in [2.24, 2.45) is 5.14 Å². The minimum atomic E-state index is -4.38. The fourth-order valence-electron chi connectivity index (χ4n) is 3.45. The number of benzene rings is 1. The second kappa shape index (κ2) is 10.6. The van der Waals surface area contributed by atoms with Crippen LogP contribution in [0, 0.1) is 0 Å². The summed E-state index contributed by atoms with van der Waals surface area (Å²) in [6, 6.07) is 6.53. The van der Waals surface area contributed by atoms with Crippen LogP contribution in [-0.4, -0.2) is 73.9 Å². The zero-order valence-corrected chi connectivity index (χ0v) is 23.4. The molecule has 12 nitrogen and oxygen atoms in total. The summed E-state index contributed by atoms with van der Waals surface area (Å²) in [6.07, 6.45) is 0.467.